The lowest BCUT2D eigenvalue weighted by atomic mass is 10.1. The number of hydrogen-bond donors (Lipinski definition) is 2. The van der Waals surface area contributed by atoms with Gasteiger partial charge in [0, 0.05) is 12.6 Å². The first-order valence-corrected chi connectivity index (χ1v) is 7.58. The molecule has 0 unspecified atom stereocenters. The Balaban J connectivity index is 2.38. The van der Waals surface area contributed by atoms with Gasteiger partial charge in [0.1, 0.15) is 11.6 Å². The highest BCUT2D eigenvalue weighted by Crippen LogP contribution is 2.21. The molecule has 3 N–H and O–H groups in total. The second-order valence-electron chi connectivity index (χ2n) is 4.57. The summed E-state index contributed by atoms with van der Waals surface area (Å²) in [6.45, 7) is 1.92. The summed E-state index contributed by atoms with van der Waals surface area (Å²) in [4.78, 5) is 0.0318. The zero-order valence-electron chi connectivity index (χ0n) is 11.2. The normalized spacial score (nSPS) is 11.4. The molecule has 2 rings (SSSR count). The lowest BCUT2D eigenvalue weighted by molar-refractivity contribution is 0.584. The minimum atomic E-state index is -3.93. The molecule has 7 heteroatoms. The van der Waals surface area contributed by atoms with Gasteiger partial charge < -0.3 is 5.73 Å². The van der Waals surface area contributed by atoms with Crippen molar-refractivity contribution < 1.29 is 17.2 Å². The topological polar surface area (TPSA) is 72.2 Å². The number of rotatable bonds is 4. The predicted molar refractivity (Wildman–Crippen MR) is 76.2 cm³/mol. The highest BCUT2D eigenvalue weighted by Gasteiger charge is 2.17. The van der Waals surface area contributed by atoms with Crippen LogP contribution in [0.15, 0.2) is 41.3 Å². The molecule has 0 aromatic heterocycles. The van der Waals surface area contributed by atoms with Gasteiger partial charge in [0.25, 0.3) is 10.0 Å². The van der Waals surface area contributed by atoms with Crippen LogP contribution in [-0.4, -0.2) is 8.42 Å². The molecule has 0 atom stereocenters. The van der Waals surface area contributed by atoms with Crippen LogP contribution in [0, 0.1) is 18.6 Å². The van der Waals surface area contributed by atoms with Crippen molar-refractivity contribution in [3.05, 3.63) is 59.2 Å². The first-order chi connectivity index (χ1) is 9.81. The van der Waals surface area contributed by atoms with Crippen LogP contribution in [0.25, 0.3) is 0 Å². The third-order valence-corrected chi connectivity index (χ3v) is 4.42. The Morgan fingerprint density at radius 1 is 1.10 bits per heavy atom. The van der Waals surface area contributed by atoms with Crippen molar-refractivity contribution in [3.8, 4) is 0 Å². The van der Waals surface area contributed by atoms with Gasteiger partial charge in [-0.05, 0) is 36.2 Å². The quantitative estimate of drug-likeness (QED) is 0.911. The van der Waals surface area contributed by atoms with Crippen LogP contribution in [0.1, 0.15) is 11.1 Å². The zero-order chi connectivity index (χ0) is 15.6. The maximum atomic E-state index is 13.1. The summed E-state index contributed by atoms with van der Waals surface area (Å²) < 4.78 is 52.9. The van der Waals surface area contributed by atoms with Crippen molar-refractivity contribution in [2.45, 2.75) is 18.4 Å². The molecule has 0 aliphatic heterocycles. The van der Waals surface area contributed by atoms with Crippen LogP contribution in [0.3, 0.4) is 0 Å². The fourth-order valence-electron chi connectivity index (χ4n) is 1.96. The number of anilines is 1. The Hall–Kier alpha value is -1.99. The summed E-state index contributed by atoms with van der Waals surface area (Å²) in [6, 6.07) is 7.14. The Morgan fingerprint density at radius 2 is 1.71 bits per heavy atom. The van der Waals surface area contributed by atoms with E-state index in [1.165, 1.54) is 6.07 Å². The van der Waals surface area contributed by atoms with Gasteiger partial charge in [-0.3, -0.25) is 4.72 Å². The van der Waals surface area contributed by atoms with Crippen LogP contribution in [0.4, 0.5) is 14.5 Å². The molecular formula is C14H14F2N2O2S. The molecule has 21 heavy (non-hydrogen) atoms. The third-order valence-electron chi connectivity index (χ3n) is 2.88. The molecule has 0 bridgehead atoms. The minimum absolute atomic E-state index is 0.0318. The maximum absolute atomic E-state index is 13.1. The average molecular weight is 312 g/mol. The molecule has 2 aromatic rings. The van der Waals surface area contributed by atoms with Gasteiger partial charge in [-0.1, -0.05) is 12.1 Å². The second kappa shape index (κ2) is 5.79. The summed E-state index contributed by atoms with van der Waals surface area (Å²) >= 11 is 0. The Kier molecular flexibility index (Phi) is 4.24. The number of halogens is 2. The maximum Gasteiger partial charge on any atom is 0.262 e. The minimum Gasteiger partial charge on any atom is -0.326 e. The highest BCUT2D eigenvalue weighted by atomic mass is 32.2. The standard InChI is InChI=1S/C14H14F2N2O2S/c1-9-4-10(8-17)2-3-14(9)21(19,20)18-13-6-11(15)5-12(16)7-13/h2-7,18H,8,17H2,1H3. The van der Waals surface area contributed by atoms with E-state index in [1.807, 2.05) is 0 Å². The third kappa shape index (κ3) is 3.56. The molecule has 0 radical (unpaired) electrons. The summed E-state index contributed by atoms with van der Waals surface area (Å²) in [5.41, 5.74) is 6.61. The molecule has 0 saturated heterocycles. The molecule has 0 saturated carbocycles. The summed E-state index contributed by atoms with van der Waals surface area (Å²) in [5, 5.41) is 0. The van der Waals surface area contributed by atoms with Gasteiger partial charge >= 0.3 is 0 Å². The highest BCUT2D eigenvalue weighted by molar-refractivity contribution is 7.92. The van der Waals surface area contributed by atoms with E-state index in [0.29, 0.717) is 18.2 Å². The molecule has 0 heterocycles. The van der Waals surface area contributed by atoms with E-state index >= 15 is 0 Å². The molecular weight excluding hydrogens is 298 g/mol. The second-order valence-corrected chi connectivity index (χ2v) is 6.22. The number of hydrogen-bond acceptors (Lipinski definition) is 3. The number of sulfonamides is 1. The SMILES string of the molecule is Cc1cc(CN)ccc1S(=O)(=O)Nc1cc(F)cc(F)c1. The number of nitrogens with one attached hydrogen (secondary N) is 1. The average Bonchev–Trinajstić information content (AvgIpc) is 2.36. The molecule has 112 valence electrons. The van der Waals surface area contributed by atoms with Gasteiger partial charge in [-0.2, -0.15) is 0 Å². The van der Waals surface area contributed by atoms with Gasteiger partial charge in [0.15, 0.2) is 0 Å². The van der Waals surface area contributed by atoms with Crippen molar-refractivity contribution in [2.75, 3.05) is 4.72 Å². The number of benzene rings is 2. The first kappa shape index (κ1) is 15.4. The lowest BCUT2D eigenvalue weighted by Crippen LogP contribution is -2.15. The first-order valence-electron chi connectivity index (χ1n) is 6.10. The van der Waals surface area contributed by atoms with Crippen LogP contribution < -0.4 is 10.5 Å². The van der Waals surface area contributed by atoms with Gasteiger partial charge in [-0.15, -0.1) is 0 Å². The molecule has 0 spiro atoms. The van der Waals surface area contributed by atoms with E-state index in [-0.39, 0.29) is 10.6 Å². The van der Waals surface area contributed by atoms with Crippen molar-refractivity contribution in [1.29, 1.82) is 0 Å². The van der Waals surface area contributed by atoms with E-state index in [9.17, 15) is 17.2 Å². The van der Waals surface area contributed by atoms with E-state index in [4.69, 9.17) is 5.73 Å². The van der Waals surface area contributed by atoms with E-state index in [0.717, 1.165) is 17.7 Å². The van der Waals surface area contributed by atoms with Crippen LogP contribution >= 0.6 is 0 Å². The van der Waals surface area contributed by atoms with E-state index in [2.05, 4.69) is 4.72 Å². The fraction of sp³-hybridized carbons (Fsp3) is 0.143. The molecule has 0 aliphatic carbocycles. The molecule has 0 fully saturated rings. The van der Waals surface area contributed by atoms with Gasteiger partial charge in [-0.25, -0.2) is 17.2 Å². The Morgan fingerprint density at radius 3 is 2.24 bits per heavy atom. The molecule has 4 nitrogen and oxygen atoms in total. The lowest BCUT2D eigenvalue weighted by Gasteiger charge is -2.11. The van der Waals surface area contributed by atoms with Crippen molar-refractivity contribution in [3.63, 3.8) is 0 Å². The number of nitrogens with two attached hydrogens (primary N) is 1. The molecule has 0 amide bonds. The Labute approximate surface area is 121 Å². The summed E-state index contributed by atoms with van der Waals surface area (Å²) in [5.74, 6) is -1.72. The van der Waals surface area contributed by atoms with Crippen LogP contribution in [0.5, 0.6) is 0 Å². The van der Waals surface area contributed by atoms with Crippen LogP contribution in [0.2, 0.25) is 0 Å². The van der Waals surface area contributed by atoms with Crippen molar-refractivity contribution in [1.82, 2.24) is 0 Å². The monoisotopic (exact) mass is 312 g/mol. The van der Waals surface area contributed by atoms with Gasteiger partial charge in [0.05, 0.1) is 10.6 Å². The Bertz CT molecular complexity index is 756. The molecule has 0 aliphatic rings. The smallest absolute Gasteiger partial charge is 0.262 e. The zero-order valence-corrected chi connectivity index (χ0v) is 12.0. The van der Waals surface area contributed by atoms with E-state index < -0.39 is 21.7 Å². The number of aryl methyl sites for hydroxylation is 1. The fourth-order valence-corrected chi connectivity index (χ4v) is 3.23. The summed E-state index contributed by atoms with van der Waals surface area (Å²) in [6.07, 6.45) is 0. The predicted octanol–water partition coefficient (Wildman–Crippen LogP) is 2.53. The largest absolute Gasteiger partial charge is 0.326 e. The van der Waals surface area contributed by atoms with Crippen molar-refractivity contribution in [2.24, 2.45) is 5.73 Å². The van der Waals surface area contributed by atoms with Crippen molar-refractivity contribution >= 4 is 15.7 Å². The summed E-state index contributed by atoms with van der Waals surface area (Å²) in [7, 11) is -3.93. The van der Waals surface area contributed by atoms with E-state index in [1.54, 1.807) is 19.1 Å². The van der Waals surface area contributed by atoms with Gasteiger partial charge in [0.2, 0.25) is 0 Å². The van der Waals surface area contributed by atoms with Crippen LogP contribution in [-0.2, 0) is 16.6 Å². The molecule has 2 aromatic carbocycles.